The first-order valence-corrected chi connectivity index (χ1v) is 7.01. The van der Waals surface area contributed by atoms with Gasteiger partial charge in [-0.15, -0.1) is 11.3 Å². The number of hydrogen-bond acceptors (Lipinski definition) is 4. The number of nitrogens with zero attached hydrogens (tertiary/aromatic N) is 1. The number of thiazole rings is 1. The summed E-state index contributed by atoms with van der Waals surface area (Å²) in [5.41, 5.74) is 7.78. The first kappa shape index (κ1) is 12.5. The standard InChI is InChI=1S/C12H14BrN3S/c1-8(12-15-4-5-17-12)16-7-9-2-3-10(13)11(14)6-9/h2-6,8,16H,7,14H2,1H3. The quantitative estimate of drug-likeness (QED) is 0.851. The second kappa shape index (κ2) is 5.62. The molecule has 17 heavy (non-hydrogen) atoms. The highest BCUT2D eigenvalue weighted by Crippen LogP contribution is 2.21. The van der Waals surface area contributed by atoms with Gasteiger partial charge in [-0.25, -0.2) is 4.98 Å². The van der Waals surface area contributed by atoms with E-state index in [0.29, 0.717) is 0 Å². The van der Waals surface area contributed by atoms with Gasteiger partial charge in [0.15, 0.2) is 0 Å². The minimum atomic E-state index is 0.264. The molecule has 0 spiro atoms. The van der Waals surface area contributed by atoms with Gasteiger partial charge in [0.05, 0.1) is 6.04 Å². The van der Waals surface area contributed by atoms with Crippen molar-refractivity contribution in [2.75, 3.05) is 5.73 Å². The van der Waals surface area contributed by atoms with E-state index in [0.717, 1.165) is 21.7 Å². The smallest absolute Gasteiger partial charge is 0.109 e. The van der Waals surface area contributed by atoms with Gasteiger partial charge in [-0.2, -0.15) is 0 Å². The van der Waals surface area contributed by atoms with Crippen LogP contribution < -0.4 is 11.1 Å². The van der Waals surface area contributed by atoms with E-state index >= 15 is 0 Å². The Labute approximate surface area is 113 Å². The largest absolute Gasteiger partial charge is 0.398 e. The summed E-state index contributed by atoms with van der Waals surface area (Å²) in [6, 6.07) is 6.27. The Bertz CT molecular complexity index is 485. The molecular formula is C12H14BrN3S. The van der Waals surface area contributed by atoms with E-state index in [9.17, 15) is 0 Å². The Kier molecular flexibility index (Phi) is 4.15. The molecule has 0 saturated heterocycles. The van der Waals surface area contributed by atoms with Crippen molar-refractivity contribution < 1.29 is 0 Å². The number of nitrogens with two attached hydrogens (primary N) is 1. The molecule has 0 aliphatic rings. The van der Waals surface area contributed by atoms with Crippen molar-refractivity contribution in [2.24, 2.45) is 0 Å². The van der Waals surface area contributed by atoms with Crippen LogP contribution in [0.3, 0.4) is 0 Å². The summed E-state index contributed by atoms with van der Waals surface area (Å²) in [5.74, 6) is 0. The van der Waals surface area contributed by atoms with Crippen molar-refractivity contribution in [3.63, 3.8) is 0 Å². The number of rotatable bonds is 4. The van der Waals surface area contributed by atoms with Crippen LogP contribution in [0.1, 0.15) is 23.5 Å². The summed E-state index contributed by atoms with van der Waals surface area (Å²) in [7, 11) is 0. The molecule has 0 bridgehead atoms. The zero-order valence-electron chi connectivity index (χ0n) is 9.48. The normalized spacial score (nSPS) is 12.6. The third-order valence-corrected chi connectivity index (χ3v) is 4.18. The van der Waals surface area contributed by atoms with Crippen molar-refractivity contribution in [2.45, 2.75) is 19.5 Å². The highest BCUT2D eigenvalue weighted by Gasteiger charge is 2.07. The average Bonchev–Trinajstić information content (AvgIpc) is 2.84. The van der Waals surface area contributed by atoms with E-state index in [4.69, 9.17) is 5.73 Å². The molecule has 1 atom stereocenters. The minimum absolute atomic E-state index is 0.264. The van der Waals surface area contributed by atoms with Gasteiger partial charge in [-0.05, 0) is 40.5 Å². The predicted octanol–water partition coefficient (Wildman–Crippen LogP) is 3.34. The van der Waals surface area contributed by atoms with Crippen LogP contribution >= 0.6 is 27.3 Å². The van der Waals surface area contributed by atoms with Crippen LogP contribution in [0.25, 0.3) is 0 Å². The lowest BCUT2D eigenvalue weighted by Crippen LogP contribution is -2.17. The molecule has 1 aromatic heterocycles. The zero-order chi connectivity index (χ0) is 12.3. The molecule has 90 valence electrons. The molecule has 0 fully saturated rings. The topological polar surface area (TPSA) is 50.9 Å². The molecule has 3 nitrogen and oxygen atoms in total. The van der Waals surface area contributed by atoms with Gasteiger partial charge in [-0.3, -0.25) is 0 Å². The van der Waals surface area contributed by atoms with Gasteiger partial charge < -0.3 is 11.1 Å². The fourth-order valence-electron chi connectivity index (χ4n) is 1.51. The number of nitrogens with one attached hydrogen (secondary N) is 1. The lowest BCUT2D eigenvalue weighted by Gasteiger charge is -2.11. The van der Waals surface area contributed by atoms with Gasteiger partial charge >= 0.3 is 0 Å². The number of aromatic nitrogens is 1. The van der Waals surface area contributed by atoms with Crippen molar-refractivity contribution in [1.82, 2.24) is 10.3 Å². The van der Waals surface area contributed by atoms with Crippen molar-refractivity contribution in [3.05, 3.63) is 44.8 Å². The van der Waals surface area contributed by atoms with Gasteiger partial charge in [0.1, 0.15) is 5.01 Å². The maximum absolute atomic E-state index is 5.84. The molecule has 0 amide bonds. The maximum atomic E-state index is 5.84. The van der Waals surface area contributed by atoms with Gasteiger partial charge in [0.2, 0.25) is 0 Å². The summed E-state index contributed by atoms with van der Waals surface area (Å²) in [4.78, 5) is 4.28. The summed E-state index contributed by atoms with van der Waals surface area (Å²) in [6.45, 7) is 2.90. The predicted molar refractivity (Wildman–Crippen MR) is 75.9 cm³/mol. The lowest BCUT2D eigenvalue weighted by molar-refractivity contribution is 0.572. The van der Waals surface area contributed by atoms with Crippen LogP contribution in [0.4, 0.5) is 5.69 Å². The van der Waals surface area contributed by atoms with E-state index < -0.39 is 0 Å². The third kappa shape index (κ3) is 3.28. The molecule has 0 aliphatic carbocycles. The molecule has 2 rings (SSSR count). The van der Waals surface area contributed by atoms with E-state index in [-0.39, 0.29) is 6.04 Å². The summed E-state index contributed by atoms with van der Waals surface area (Å²) < 4.78 is 0.939. The Morgan fingerprint density at radius 1 is 1.53 bits per heavy atom. The molecule has 5 heteroatoms. The fourth-order valence-corrected chi connectivity index (χ4v) is 2.43. The van der Waals surface area contributed by atoms with Crippen LogP contribution in [-0.2, 0) is 6.54 Å². The van der Waals surface area contributed by atoms with Crippen LogP contribution in [0.5, 0.6) is 0 Å². The second-order valence-corrected chi connectivity index (χ2v) is 5.61. The van der Waals surface area contributed by atoms with Gasteiger partial charge in [0.25, 0.3) is 0 Å². The Balaban J connectivity index is 1.96. The fraction of sp³-hybridized carbons (Fsp3) is 0.250. The molecular weight excluding hydrogens is 298 g/mol. The molecule has 0 aliphatic heterocycles. The number of anilines is 1. The molecule has 1 heterocycles. The molecule has 3 N–H and O–H groups in total. The first-order chi connectivity index (χ1) is 8.16. The highest BCUT2D eigenvalue weighted by molar-refractivity contribution is 9.10. The monoisotopic (exact) mass is 311 g/mol. The number of nitrogen functional groups attached to an aromatic ring is 1. The highest BCUT2D eigenvalue weighted by atomic mass is 79.9. The van der Waals surface area contributed by atoms with E-state index in [1.165, 1.54) is 5.56 Å². The minimum Gasteiger partial charge on any atom is -0.398 e. The molecule has 1 aromatic carbocycles. The SMILES string of the molecule is CC(NCc1ccc(Br)c(N)c1)c1nccs1. The Morgan fingerprint density at radius 2 is 2.35 bits per heavy atom. The van der Waals surface area contributed by atoms with E-state index in [1.54, 1.807) is 11.3 Å². The number of hydrogen-bond donors (Lipinski definition) is 2. The molecule has 0 radical (unpaired) electrons. The number of halogens is 1. The first-order valence-electron chi connectivity index (χ1n) is 5.33. The van der Waals surface area contributed by atoms with Crippen LogP contribution in [0.2, 0.25) is 0 Å². The van der Waals surface area contributed by atoms with Crippen LogP contribution in [0.15, 0.2) is 34.2 Å². The number of benzene rings is 1. The average molecular weight is 312 g/mol. The summed E-state index contributed by atoms with van der Waals surface area (Å²) in [6.07, 6.45) is 1.83. The molecule has 2 aromatic rings. The molecule has 0 saturated carbocycles. The van der Waals surface area contributed by atoms with Crippen LogP contribution in [-0.4, -0.2) is 4.98 Å². The Morgan fingerprint density at radius 3 is 3.00 bits per heavy atom. The van der Waals surface area contributed by atoms with Crippen molar-refractivity contribution >= 4 is 33.0 Å². The van der Waals surface area contributed by atoms with Gasteiger partial charge in [-0.1, -0.05) is 6.07 Å². The lowest BCUT2D eigenvalue weighted by atomic mass is 10.2. The molecule has 1 unspecified atom stereocenters. The summed E-state index contributed by atoms with van der Waals surface area (Å²) in [5, 5.41) is 6.52. The van der Waals surface area contributed by atoms with Crippen molar-refractivity contribution in [3.8, 4) is 0 Å². The maximum Gasteiger partial charge on any atom is 0.109 e. The van der Waals surface area contributed by atoms with E-state index in [1.807, 2.05) is 23.7 Å². The third-order valence-electron chi connectivity index (χ3n) is 2.49. The second-order valence-electron chi connectivity index (χ2n) is 3.83. The van der Waals surface area contributed by atoms with Gasteiger partial charge in [0, 0.05) is 28.3 Å². The van der Waals surface area contributed by atoms with Crippen LogP contribution in [0, 0.1) is 0 Å². The summed E-state index contributed by atoms with van der Waals surface area (Å²) >= 11 is 5.05. The van der Waals surface area contributed by atoms with E-state index in [2.05, 4.69) is 39.2 Å². The Hall–Kier alpha value is -0.910. The van der Waals surface area contributed by atoms with Crippen molar-refractivity contribution in [1.29, 1.82) is 0 Å². The zero-order valence-corrected chi connectivity index (χ0v) is 11.9.